The van der Waals surface area contributed by atoms with Gasteiger partial charge in [-0.05, 0) is 5.56 Å². The number of benzene rings is 1. The molecule has 0 saturated carbocycles. The van der Waals surface area contributed by atoms with Gasteiger partial charge < -0.3 is 5.73 Å². The van der Waals surface area contributed by atoms with Crippen LogP contribution in [-0.2, 0) is 9.59 Å². The molecule has 1 heterocycles. The van der Waals surface area contributed by atoms with Crippen LogP contribution in [0.25, 0.3) is 0 Å². The molecule has 1 aromatic rings. The van der Waals surface area contributed by atoms with Gasteiger partial charge in [0.05, 0.1) is 5.92 Å². The molecule has 6 nitrogen and oxygen atoms in total. The lowest BCUT2D eigenvalue weighted by molar-refractivity contribution is -0.141. The zero-order valence-corrected chi connectivity index (χ0v) is 8.92. The van der Waals surface area contributed by atoms with Crippen LogP contribution in [0.2, 0.25) is 0 Å². The second kappa shape index (κ2) is 4.25. The molecule has 1 unspecified atom stereocenters. The first kappa shape index (κ1) is 11.1. The second-order valence-electron chi connectivity index (χ2n) is 3.71. The van der Waals surface area contributed by atoms with Crippen molar-refractivity contribution in [2.24, 2.45) is 5.73 Å². The number of imide groups is 1. The molecule has 88 valence electrons. The standard InChI is InChI=1S/C11H11N3O3/c12-11(17)13-14-9(15)6-8(10(14)16)7-4-2-1-3-5-7/h1-5,8H,6H2,(H3,12,13,17). The first-order valence-electron chi connectivity index (χ1n) is 5.07. The Balaban J connectivity index is 2.22. The molecule has 1 aliphatic rings. The maximum Gasteiger partial charge on any atom is 0.331 e. The Hall–Kier alpha value is -2.37. The number of nitrogens with two attached hydrogens (primary N) is 1. The van der Waals surface area contributed by atoms with E-state index in [4.69, 9.17) is 5.73 Å². The normalized spacial score (nSPS) is 19.5. The van der Waals surface area contributed by atoms with Gasteiger partial charge in [0.15, 0.2) is 0 Å². The second-order valence-corrected chi connectivity index (χ2v) is 3.71. The molecule has 6 heteroatoms. The van der Waals surface area contributed by atoms with Crippen LogP contribution in [0.3, 0.4) is 0 Å². The summed E-state index contributed by atoms with van der Waals surface area (Å²) in [5.41, 5.74) is 7.65. The number of carbonyl (C=O) groups excluding carboxylic acids is 3. The fourth-order valence-electron chi connectivity index (χ4n) is 1.81. The summed E-state index contributed by atoms with van der Waals surface area (Å²) in [6, 6.07) is 8.01. The number of hydrogen-bond donors (Lipinski definition) is 2. The number of urea groups is 1. The Kier molecular flexibility index (Phi) is 2.78. The van der Waals surface area contributed by atoms with E-state index in [0.717, 1.165) is 5.56 Å². The first-order valence-corrected chi connectivity index (χ1v) is 5.07. The van der Waals surface area contributed by atoms with Gasteiger partial charge in [0.25, 0.3) is 5.91 Å². The van der Waals surface area contributed by atoms with Gasteiger partial charge in [-0.2, -0.15) is 5.01 Å². The topological polar surface area (TPSA) is 92.5 Å². The summed E-state index contributed by atoms with van der Waals surface area (Å²) in [6.45, 7) is 0. The lowest BCUT2D eigenvalue weighted by atomic mass is 9.98. The Morgan fingerprint density at radius 1 is 1.29 bits per heavy atom. The van der Waals surface area contributed by atoms with Crippen LogP contribution < -0.4 is 11.2 Å². The zero-order chi connectivity index (χ0) is 12.4. The van der Waals surface area contributed by atoms with Crippen LogP contribution in [0.5, 0.6) is 0 Å². The number of amides is 4. The summed E-state index contributed by atoms with van der Waals surface area (Å²) in [5.74, 6) is -1.46. The summed E-state index contributed by atoms with van der Waals surface area (Å²) in [4.78, 5) is 34.1. The highest BCUT2D eigenvalue weighted by Gasteiger charge is 2.40. The van der Waals surface area contributed by atoms with E-state index in [2.05, 4.69) is 0 Å². The SMILES string of the molecule is NC(=O)NN1C(=O)CC(c2ccccc2)C1=O. The molecule has 0 radical (unpaired) electrons. The Morgan fingerprint density at radius 3 is 2.53 bits per heavy atom. The van der Waals surface area contributed by atoms with E-state index >= 15 is 0 Å². The van der Waals surface area contributed by atoms with Crippen molar-refractivity contribution in [3.8, 4) is 0 Å². The molecule has 1 atom stereocenters. The Bertz CT molecular complexity index is 472. The van der Waals surface area contributed by atoms with Gasteiger partial charge in [-0.15, -0.1) is 0 Å². The van der Waals surface area contributed by atoms with Crippen molar-refractivity contribution in [3.05, 3.63) is 35.9 Å². The van der Waals surface area contributed by atoms with Gasteiger partial charge >= 0.3 is 6.03 Å². The number of rotatable bonds is 2. The Morgan fingerprint density at radius 2 is 1.94 bits per heavy atom. The molecule has 0 spiro atoms. The molecule has 0 bridgehead atoms. The van der Waals surface area contributed by atoms with Gasteiger partial charge in [0, 0.05) is 6.42 Å². The summed E-state index contributed by atoms with van der Waals surface area (Å²) >= 11 is 0. The van der Waals surface area contributed by atoms with Crippen molar-refractivity contribution < 1.29 is 14.4 Å². The van der Waals surface area contributed by atoms with Gasteiger partial charge in [-0.1, -0.05) is 30.3 Å². The number of hydrazine groups is 1. The number of carbonyl (C=O) groups is 3. The van der Waals surface area contributed by atoms with E-state index in [1.807, 2.05) is 11.5 Å². The van der Waals surface area contributed by atoms with Gasteiger partial charge in [-0.25, -0.2) is 10.2 Å². The monoisotopic (exact) mass is 233 g/mol. The van der Waals surface area contributed by atoms with Crippen molar-refractivity contribution in [3.63, 3.8) is 0 Å². The molecule has 1 saturated heterocycles. The van der Waals surface area contributed by atoms with Crippen molar-refractivity contribution >= 4 is 17.8 Å². The number of primary amides is 1. The highest BCUT2D eigenvalue weighted by atomic mass is 16.2. The van der Waals surface area contributed by atoms with E-state index < -0.39 is 23.8 Å². The van der Waals surface area contributed by atoms with E-state index in [1.165, 1.54) is 0 Å². The fraction of sp³-hybridized carbons (Fsp3) is 0.182. The smallest absolute Gasteiger partial charge is 0.331 e. The average molecular weight is 233 g/mol. The van der Waals surface area contributed by atoms with Crippen molar-refractivity contribution in [2.45, 2.75) is 12.3 Å². The van der Waals surface area contributed by atoms with Crippen LogP contribution in [-0.4, -0.2) is 22.9 Å². The van der Waals surface area contributed by atoms with Crippen LogP contribution in [0.4, 0.5) is 4.79 Å². The lowest BCUT2D eigenvalue weighted by Gasteiger charge is -2.14. The molecule has 17 heavy (non-hydrogen) atoms. The van der Waals surface area contributed by atoms with Gasteiger partial charge in [0.2, 0.25) is 5.91 Å². The molecule has 4 amide bonds. The number of hydrogen-bond acceptors (Lipinski definition) is 3. The van der Waals surface area contributed by atoms with Crippen LogP contribution in [0.15, 0.2) is 30.3 Å². The summed E-state index contributed by atoms with van der Waals surface area (Å²) < 4.78 is 0. The summed E-state index contributed by atoms with van der Waals surface area (Å²) in [5, 5.41) is 0.681. The van der Waals surface area contributed by atoms with Crippen LogP contribution in [0.1, 0.15) is 17.9 Å². The number of nitrogens with zero attached hydrogens (tertiary/aromatic N) is 1. The van der Waals surface area contributed by atoms with Crippen molar-refractivity contribution in [1.29, 1.82) is 0 Å². The first-order chi connectivity index (χ1) is 8.09. The molecule has 0 aromatic heterocycles. The highest BCUT2D eigenvalue weighted by molar-refractivity contribution is 6.06. The molecule has 1 aliphatic heterocycles. The number of nitrogens with one attached hydrogen (secondary N) is 1. The maximum atomic E-state index is 11.9. The molecular weight excluding hydrogens is 222 g/mol. The summed E-state index contributed by atoms with van der Waals surface area (Å²) in [6.07, 6.45) is 0.0448. The minimum Gasteiger partial charge on any atom is -0.350 e. The molecule has 0 aliphatic carbocycles. The van der Waals surface area contributed by atoms with E-state index in [-0.39, 0.29) is 6.42 Å². The van der Waals surface area contributed by atoms with Gasteiger partial charge in [0.1, 0.15) is 0 Å². The van der Waals surface area contributed by atoms with E-state index in [0.29, 0.717) is 5.01 Å². The quantitative estimate of drug-likeness (QED) is 0.710. The average Bonchev–Trinajstić information content (AvgIpc) is 2.58. The molecule has 3 N–H and O–H groups in total. The fourth-order valence-corrected chi connectivity index (χ4v) is 1.81. The largest absolute Gasteiger partial charge is 0.350 e. The van der Waals surface area contributed by atoms with Crippen LogP contribution >= 0.6 is 0 Å². The van der Waals surface area contributed by atoms with E-state index in [1.54, 1.807) is 24.3 Å². The van der Waals surface area contributed by atoms with Crippen LogP contribution in [0, 0.1) is 0 Å². The third-order valence-electron chi connectivity index (χ3n) is 2.57. The predicted molar refractivity (Wildman–Crippen MR) is 58.4 cm³/mol. The van der Waals surface area contributed by atoms with Crippen molar-refractivity contribution in [1.82, 2.24) is 10.4 Å². The minimum absolute atomic E-state index is 0.0448. The minimum atomic E-state index is -0.930. The molecule has 1 aromatic carbocycles. The third-order valence-corrected chi connectivity index (χ3v) is 2.57. The predicted octanol–water partition coefficient (Wildman–Crippen LogP) is 0.112. The zero-order valence-electron chi connectivity index (χ0n) is 8.92. The lowest BCUT2D eigenvalue weighted by Crippen LogP contribution is -2.48. The Labute approximate surface area is 97.4 Å². The third kappa shape index (κ3) is 2.10. The van der Waals surface area contributed by atoms with Crippen molar-refractivity contribution in [2.75, 3.05) is 0 Å². The maximum absolute atomic E-state index is 11.9. The molecule has 1 fully saturated rings. The summed E-state index contributed by atoms with van der Waals surface area (Å²) in [7, 11) is 0. The van der Waals surface area contributed by atoms with Gasteiger partial charge in [-0.3, -0.25) is 9.59 Å². The molecule has 2 rings (SSSR count). The highest BCUT2D eigenvalue weighted by Crippen LogP contribution is 2.28. The van der Waals surface area contributed by atoms with E-state index in [9.17, 15) is 14.4 Å². The molecular formula is C11H11N3O3.